The van der Waals surface area contributed by atoms with Crippen molar-refractivity contribution in [2.45, 2.75) is 40.5 Å². The van der Waals surface area contributed by atoms with E-state index < -0.39 is 11.9 Å². The summed E-state index contributed by atoms with van der Waals surface area (Å²) in [6, 6.07) is 0. The van der Waals surface area contributed by atoms with E-state index in [1.807, 2.05) is 13.8 Å². The van der Waals surface area contributed by atoms with E-state index >= 15 is 0 Å². The van der Waals surface area contributed by atoms with Gasteiger partial charge in [-0.05, 0) is 24.7 Å². The quantitative estimate of drug-likeness (QED) is 0.687. The predicted octanol–water partition coefficient (Wildman–Crippen LogP) is -0.438. The zero-order valence-corrected chi connectivity index (χ0v) is 10.6. The van der Waals surface area contributed by atoms with Crippen LogP contribution in [0.2, 0.25) is 0 Å². The van der Waals surface area contributed by atoms with E-state index in [2.05, 4.69) is 0 Å². The number of carboxylic acids is 2. The van der Waals surface area contributed by atoms with Crippen LogP contribution in [0.15, 0.2) is 0 Å². The molecule has 0 aromatic carbocycles. The Morgan fingerprint density at radius 3 is 1.13 bits per heavy atom. The van der Waals surface area contributed by atoms with E-state index in [1.165, 1.54) is 0 Å². The number of carbonyl (C=O) groups excluding carboxylic acids is 2. The summed E-state index contributed by atoms with van der Waals surface area (Å²) >= 11 is 0. The zero-order valence-electron chi connectivity index (χ0n) is 9.54. The van der Waals surface area contributed by atoms with Crippen molar-refractivity contribution in [3.05, 3.63) is 0 Å². The molecule has 0 aliphatic carbocycles. The molecule has 0 aromatic heterocycles. The standard InChI is InChI=1S/2C5H10O2.Co/c2*1-3-4(2)5(6)7;/h2*4H,3H2,1-2H3,(H,6,7);/q;;+2/p-2/t2*4-;/m00./s1. The molecule has 0 aliphatic rings. The van der Waals surface area contributed by atoms with E-state index in [1.54, 1.807) is 13.8 Å². The molecule has 5 heteroatoms. The van der Waals surface area contributed by atoms with Crippen LogP contribution in [0.5, 0.6) is 0 Å². The molecule has 0 rings (SSSR count). The summed E-state index contributed by atoms with van der Waals surface area (Å²) in [6.45, 7) is 6.91. The molecule has 0 bridgehead atoms. The Morgan fingerprint density at radius 1 is 0.933 bits per heavy atom. The van der Waals surface area contributed by atoms with Crippen molar-refractivity contribution in [3.63, 3.8) is 0 Å². The van der Waals surface area contributed by atoms with Gasteiger partial charge in [-0.1, -0.05) is 27.7 Å². The first-order valence-electron chi connectivity index (χ1n) is 4.78. The van der Waals surface area contributed by atoms with Gasteiger partial charge >= 0.3 is 16.8 Å². The van der Waals surface area contributed by atoms with E-state index in [0.29, 0.717) is 12.8 Å². The largest absolute Gasteiger partial charge is 2.00 e. The Kier molecular flexibility index (Phi) is 15.3. The molecule has 1 radical (unpaired) electrons. The molecule has 91 valence electrons. The fraction of sp³-hybridized carbons (Fsp3) is 0.800. The monoisotopic (exact) mass is 261 g/mol. The number of carbonyl (C=O) groups is 2. The normalized spacial score (nSPS) is 12.5. The van der Waals surface area contributed by atoms with Crippen LogP contribution < -0.4 is 10.2 Å². The Labute approximate surface area is 101 Å². The van der Waals surface area contributed by atoms with Gasteiger partial charge in [0.25, 0.3) is 0 Å². The van der Waals surface area contributed by atoms with Crippen LogP contribution in [0.3, 0.4) is 0 Å². The molecule has 2 atom stereocenters. The SMILES string of the molecule is CC[C@H](C)C(=O)[O-].CC[C@H](C)C(=O)[O-].[Co+2]. The first-order valence-corrected chi connectivity index (χ1v) is 4.78. The van der Waals surface area contributed by atoms with Gasteiger partial charge in [-0.2, -0.15) is 0 Å². The molecule has 0 N–H and O–H groups in total. The third-order valence-corrected chi connectivity index (χ3v) is 2.03. The van der Waals surface area contributed by atoms with Gasteiger partial charge in [0.15, 0.2) is 0 Å². The maximum atomic E-state index is 9.82. The van der Waals surface area contributed by atoms with Gasteiger partial charge in [-0.15, -0.1) is 0 Å². The van der Waals surface area contributed by atoms with Crippen molar-refractivity contribution in [2.24, 2.45) is 11.8 Å². The summed E-state index contributed by atoms with van der Waals surface area (Å²) in [7, 11) is 0. The second kappa shape index (κ2) is 11.5. The van der Waals surface area contributed by atoms with Crippen molar-refractivity contribution in [2.75, 3.05) is 0 Å². The molecule has 0 aromatic rings. The van der Waals surface area contributed by atoms with Crippen LogP contribution >= 0.6 is 0 Å². The summed E-state index contributed by atoms with van der Waals surface area (Å²) in [5.41, 5.74) is 0. The Balaban J connectivity index is -0.000000180. The van der Waals surface area contributed by atoms with E-state index in [4.69, 9.17) is 0 Å². The number of hydrogen-bond donors (Lipinski definition) is 0. The molecular weight excluding hydrogens is 243 g/mol. The van der Waals surface area contributed by atoms with Crippen LogP contribution in [-0.2, 0) is 26.4 Å². The fourth-order valence-corrected chi connectivity index (χ4v) is 0.333. The minimum Gasteiger partial charge on any atom is -0.550 e. The zero-order chi connectivity index (χ0) is 11.7. The van der Waals surface area contributed by atoms with Crippen molar-refractivity contribution in [1.29, 1.82) is 0 Å². The second-order valence-corrected chi connectivity index (χ2v) is 3.26. The summed E-state index contributed by atoms with van der Waals surface area (Å²) in [5, 5.41) is 19.6. The van der Waals surface area contributed by atoms with Crippen molar-refractivity contribution in [3.8, 4) is 0 Å². The number of hydrogen-bond acceptors (Lipinski definition) is 4. The van der Waals surface area contributed by atoms with Gasteiger partial charge in [0.2, 0.25) is 0 Å². The van der Waals surface area contributed by atoms with Crippen LogP contribution in [0.25, 0.3) is 0 Å². The van der Waals surface area contributed by atoms with Crippen LogP contribution in [0.1, 0.15) is 40.5 Å². The van der Waals surface area contributed by atoms with Gasteiger partial charge in [-0.3, -0.25) is 0 Å². The summed E-state index contributed by atoms with van der Waals surface area (Å²) < 4.78 is 0. The maximum absolute atomic E-state index is 9.82. The molecule has 15 heavy (non-hydrogen) atoms. The van der Waals surface area contributed by atoms with Crippen LogP contribution in [-0.4, -0.2) is 11.9 Å². The Morgan fingerprint density at radius 2 is 1.13 bits per heavy atom. The molecule has 0 saturated heterocycles. The van der Waals surface area contributed by atoms with Gasteiger partial charge in [0.1, 0.15) is 0 Å². The minimum atomic E-state index is -0.956. The molecule has 0 amide bonds. The van der Waals surface area contributed by atoms with E-state index in [9.17, 15) is 19.8 Å². The van der Waals surface area contributed by atoms with Gasteiger partial charge < -0.3 is 19.8 Å². The molecule has 0 aliphatic heterocycles. The Bertz CT molecular complexity index is 162. The maximum Gasteiger partial charge on any atom is 2.00 e. The first-order chi connectivity index (χ1) is 6.36. The average Bonchev–Trinajstić information content (AvgIpc) is 2.15. The van der Waals surface area contributed by atoms with Gasteiger partial charge in [-0.25, -0.2) is 0 Å². The van der Waals surface area contributed by atoms with Crippen molar-refractivity contribution < 1.29 is 36.6 Å². The van der Waals surface area contributed by atoms with Crippen LogP contribution in [0, 0.1) is 11.8 Å². The molecule has 0 spiro atoms. The second-order valence-electron chi connectivity index (χ2n) is 3.26. The summed E-state index contributed by atoms with van der Waals surface area (Å²) in [5.74, 6) is -2.50. The predicted molar refractivity (Wildman–Crippen MR) is 48.9 cm³/mol. The number of aliphatic carboxylic acids is 2. The number of carboxylic acid groups (broad SMARTS) is 2. The fourth-order valence-electron chi connectivity index (χ4n) is 0.333. The van der Waals surface area contributed by atoms with Gasteiger partial charge in [0.05, 0.1) is 0 Å². The van der Waals surface area contributed by atoms with Crippen molar-refractivity contribution >= 4 is 11.9 Å². The molecule has 0 saturated carbocycles. The average molecular weight is 261 g/mol. The molecule has 0 unspecified atom stereocenters. The topological polar surface area (TPSA) is 80.3 Å². The van der Waals surface area contributed by atoms with Crippen LogP contribution in [0.4, 0.5) is 0 Å². The molecule has 0 fully saturated rings. The molecule has 0 heterocycles. The minimum absolute atomic E-state index is 0. The number of rotatable bonds is 4. The third-order valence-electron chi connectivity index (χ3n) is 2.03. The first kappa shape index (κ1) is 19.9. The van der Waals surface area contributed by atoms with Crippen molar-refractivity contribution in [1.82, 2.24) is 0 Å². The van der Waals surface area contributed by atoms with Gasteiger partial charge in [0, 0.05) is 11.9 Å². The molecule has 4 nitrogen and oxygen atoms in total. The smallest absolute Gasteiger partial charge is 0.550 e. The Hall–Kier alpha value is -0.554. The summed E-state index contributed by atoms with van der Waals surface area (Å²) in [6.07, 6.45) is 1.31. The summed E-state index contributed by atoms with van der Waals surface area (Å²) in [4.78, 5) is 19.6. The van der Waals surface area contributed by atoms with E-state index in [-0.39, 0.29) is 28.6 Å². The van der Waals surface area contributed by atoms with E-state index in [0.717, 1.165) is 0 Å². The third kappa shape index (κ3) is 13.4. The molecular formula is C10H18CoO4.